The Morgan fingerprint density at radius 3 is 1.13 bits per heavy atom. The minimum atomic E-state index is -0.707. The van der Waals surface area contributed by atoms with Crippen LogP contribution < -0.4 is 0 Å². The van der Waals surface area contributed by atoms with E-state index in [9.17, 15) is 45.0 Å². The third kappa shape index (κ3) is 11.4. The zero-order chi connectivity index (χ0) is 60.8. The van der Waals surface area contributed by atoms with Gasteiger partial charge in [0.1, 0.15) is 0 Å². The molecule has 12 aliphatic rings. The molecule has 0 aromatic rings. The molecule has 480 valence electrons. The number of carboxylic acid groups (broad SMARTS) is 3. The van der Waals surface area contributed by atoms with Gasteiger partial charge in [0.05, 0.1) is 36.6 Å². The van der Waals surface area contributed by atoms with Crippen molar-refractivity contribution in [2.24, 2.45) is 139 Å². The minimum Gasteiger partial charge on any atom is -0.481 e. The highest BCUT2D eigenvalue weighted by molar-refractivity contribution is 5.67. The first kappa shape index (κ1) is 65.1. The Kier molecular flexibility index (Phi) is 19.2. The average molecular weight is 1180 g/mol. The lowest BCUT2D eigenvalue weighted by Crippen LogP contribution is -2.58. The Labute approximate surface area is 506 Å². The van der Waals surface area contributed by atoms with Crippen molar-refractivity contribution in [1.29, 1.82) is 0 Å². The summed E-state index contributed by atoms with van der Waals surface area (Å²) in [6.45, 7) is 21.1. The van der Waals surface area contributed by atoms with Crippen molar-refractivity contribution in [3.63, 3.8) is 0 Å². The molecule has 0 saturated heterocycles. The molecule has 0 aromatic heterocycles. The summed E-state index contributed by atoms with van der Waals surface area (Å²) >= 11 is 0. The summed E-state index contributed by atoms with van der Waals surface area (Å²) in [5, 5.41) is 92.1. The first-order valence-corrected chi connectivity index (χ1v) is 35.3. The Morgan fingerprint density at radius 1 is 0.369 bits per heavy atom. The van der Waals surface area contributed by atoms with Crippen LogP contribution in [0, 0.1) is 139 Å². The Morgan fingerprint density at radius 2 is 0.714 bits per heavy atom. The van der Waals surface area contributed by atoms with Gasteiger partial charge in [0.15, 0.2) is 0 Å². The van der Waals surface area contributed by atoms with Gasteiger partial charge in [0.25, 0.3) is 0 Å². The molecular weight excluding hydrogens is 1060 g/mol. The lowest BCUT2D eigenvalue weighted by molar-refractivity contribution is -0.175. The van der Waals surface area contributed by atoms with Gasteiger partial charge >= 0.3 is 17.9 Å². The molecule has 0 aromatic carbocycles. The highest BCUT2D eigenvalue weighted by Gasteiger charge is 2.67. The SMILES string of the molecule is C[C@H](CCC(=O)O)[C@H]1CCC2C3C(CC[C@@]21C)[C@@]1(C)CC[C@H](O)C[C@H]1C[C@H]3O.C[C@H](CCC(=O)O)[C@H]1CCC2C3CC[C@@H]4C[C@@H](O)CC[C@]4(C)C3C[C@H](O)[C@@]21C.C[C@H](CCC(=O)O)[C@H]1CCC2C3CC[C@@H]4C[C@H](O)CC[C@]4(C)C3C[C@@H](O)[C@@]21C. The largest absolute Gasteiger partial charge is 0.481 e. The topological polar surface area (TPSA) is 233 Å². The molecule has 9 unspecified atom stereocenters. The molecule has 0 bridgehead atoms. The molecule has 9 N–H and O–H groups in total. The molecular formula is C72H120O12. The number of carboxylic acids is 3. The first-order chi connectivity index (χ1) is 39.5. The van der Waals surface area contributed by atoms with E-state index in [4.69, 9.17) is 15.3 Å². The van der Waals surface area contributed by atoms with Crippen LogP contribution in [0.4, 0.5) is 0 Å². The van der Waals surface area contributed by atoms with Crippen molar-refractivity contribution in [2.75, 3.05) is 0 Å². The monoisotopic (exact) mass is 1180 g/mol. The van der Waals surface area contributed by atoms with Gasteiger partial charge in [-0.1, -0.05) is 62.3 Å². The van der Waals surface area contributed by atoms with Crippen LogP contribution >= 0.6 is 0 Å². The van der Waals surface area contributed by atoms with E-state index in [1.807, 2.05) is 0 Å². The van der Waals surface area contributed by atoms with Crippen molar-refractivity contribution in [3.05, 3.63) is 0 Å². The van der Waals surface area contributed by atoms with Crippen LogP contribution in [0.3, 0.4) is 0 Å². The third-order valence-electron chi connectivity index (χ3n) is 30.9. The Balaban J connectivity index is 0.000000140. The van der Waals surface area contributed by atoms with Gasteiger partial charge in [-0.25, -0.2) is 0 Å². The number of carbonyl (C=O) groups is 3. The smallest absolute Gasteiger partial charge is 0.303 e. The third-order valence-corrected chi connectivity index (χ3v) is 30.9. The number of hydrogen-bond donors (Lipinski definition) is 9. The first-order valence-electron chi connectivity index (χ1n) is 35.3. The molecule has 12 aliphatic carbocycles. The van der Waals surface area contributed by atoms with Crippen LogP contribution in [0.5, 0.6) is 0 Å². The van der Waals surface area contributed by atoms with Crippen molar-refractivity contribution in [3.8, 4) is 0 Å². The normalized spacial score (nSPS) is 51.7. The van der Waals surface area contributed by atoms with E-state index >= 15 is 0 Å². The fourth-order valence-electron chi connectivity index (χ4n) is 26.2. The van der Waals surface area contributed by atoms with Gasteiger partial charge in [-0.15, -0.1) is 0 Å². The van der Waals surface area contributed by atoms with Crippen molar-refractivity contribution in [1.82, 2.24) is 0 Å². The fraction of sp³-hybridized carbons (Fsp3) is 0.958. The van der Waals surface area contributed by atoms with E-state index in [0.717, 1.165) is 109 Å². The number of aliphatic hydroxyl groups is 6. The summed E-state index contributed by atoms with van der Waals surface area (Å²) in [6.07, 6.45) is 27.7. The summed E-state index contributed by atoms with van der Waals surface area (Å²) in [7, 11) is 0. The lowest BCUT2D eigenvalue weighted by atomic mass is 9.43. The zero-order valence-corrected chi connectivity index (χ0v) is 53.8. The molecule has 12 rings (SSSR count). The molecule has 0 aliphatic heterocycles. The van der Waals surface area contributed by atoms with E-state index in [1.54, 1.807) is 0 Å². The number of aliphatic hydroxyl groups excluding tert-OH is 6. The second-order valence-electron chi connectivity index (χ2n) is 34.0. The average Bonchev–Trinajstić information content (AvgIpc) is 1.82. The minimum absolute atomic E-state index is 0.0591. The van der Waals surface area contributed by atoms with Gasteiger partial charge in [0.2, 0.25) is 0 Å². The van der Waals surface area contributed by atoms with Gasteiger partial charge < -0.3 is 46.0 Å². The highest BCUT2D eigenvalue weighted by Crippen LogP contribution is 2.72. The van der Waals surface area contributed by atoms with Crippen LogP contribution in [-0.4, -0.2) is 100 Å². The quantitative estimate of drug-likeness (QED) is 0.0888. The van der Waals surface area contributed by atoms with Gasteiger partial charge in [-0.05, 0) is 312 Å². The maximum absolute atomic E-state index is 11.5. The molecule has 12 saturated carbocycles. The summed E-state index contributed by atoms with van der Waals surface area (Å²) in [5.74, 6) is 7.45. The molecule has 0 radical (unpaired) electrons. The molecule has 0 amide bonds. The van der Waals surface area contributed by atoms with Crippen LogP contribution in [0.1, 0.15) is 255 Å². The Hall–Kier alpha value is -1.83. The van der Waals surface area contributed by atoms with Crippen LogP contribution in [0.25, 0.3) is 0 Å². The summed E-state index contributed by atoms with van der Waals surface area (Å²) < 4.78 is 0. The molecule has 0 heterocycles. The maximum Gasteiger partial charge on any atom is 0.303 e. The number of hydrogen-bond acceptors (Lipinski definition) is 9. The molecule has 12 heteroatoms. The van der Waals surface area contributed by atoms with Gasteiger partial charge in [0, 0.05) is 19.3 Å². The van der Waals surface area contributed by atoms with Crippen LogP contribution in [0.2, 0.25) is 0 Å². The predicted octanol–water partition coefficient (Wildman–Crippen LogP) is 13.4. The number of rotatable bonds is 12. The molecule has 12 fully saturated rings. The van der Waals surface area contributed by atoms with E-state index < -0.39 is 17.9 Å². The van der Waals surface area contributed by atoms with Gasteiger partial charge in [-0.3, -0.25) is 14.4 Å². The molecule has 84 heavy (non-hydrogen) atoms. The predicted molar refractivity (Wildman–Crippen MR) is 326 cm³/mol. The van der Waals surface area contributed by atoms with E-state index in [0.29, 0.717) is 107 Å². The van der Waals surface area contributed by atoms with Crippen molar-refractivity contribution in [2.45, 2.75) is 292 Å². The van der Waals surface area contributed by atoms with Crippen molar-refractivity contribution < 1.29 is 60.3 Å². The van der Waals surface area contributed by atoms with Gasteiger partial charge in [-0.2, -0.15) is 0 Å². The van der Waals surface area contributed by atoms with E-state index in [2.05, 4.69) is 62.3 Å². The fourth-order valence-corrected chi connectivity index (χ4v) is 26.2. The summed E-state index contributed by atoms with van der Waals surface area (Å²) in [5.41, 5.74) is 0.955. The number of fused-ring (bicyclic) bond motifs is 15. The zero-order valence-electron chi connectivity index (χ0n) is 53.8. The maximum atomic E-state index is 11.5. The molecule has 30 atom stereocenters. The standard InChI is InChI=1S/3C24H40O4/c2*1-14(4-9-22(27)28)18-7-8-19-17-6-5-15-12-16(25)10-11-23(15,2)20(17)13-21(26)24(18,19)3;1-14(4-7-21(27)28)17-5-6-18-22-19(9-11-24(17,18)3)23(2)10-8-16(25)12-15(23)13-20(22)26/h2*14-21,25-26H,4-13H2,1-3H3,(H,27,28);14-20,22,25-26H,4-13H2,1-3H3,(H,27,28)/t14-,15-,16+,17?,18-,19?,20?,21+,23+,24-;14-,15-,16-,17?,18-,19?,20?,21-,23+,24-;14-,15+,16+,17-,18?,19?,20-,22?,23+,24-/m111/s1. The highest BCUT2D eigenvalue weighted by atomic mass is 16.4. The second-order valence-corrected chi connectivity index (χ2v) is 34.0. The molecule has 12 nitrogen and oxygen atoms in total. The second kappa shape index (κ2) is 24.8. The number of aliphatic carboxylic acids is 3. The molecule has 0 spiro atoms. The van der Waals surface area contributed by atoms with Crippen molar-refractivity contribution >= 4 is 17.9 Å². The van der Waals surface area contributed by atoms with Crippen LogP contribution in [0.15, 0.2) is 0 Å². The van der Waals surface area contributed by atoms with Crippen LogP contribution in [-0.2, 0) is 14.4 Å². The van der Waals surface area contributed by atoms with E-state index in [1.165, 1.54) is 64.2 Å². The lowest BCUT2D eigenvalue weighted by Gasteiger charge is -2.62. The summed E-state index contributed by atoms with van der Waals surface area (Å²) in [6, 6.07) is 0. The summed E-state index contributed by atoms with van der Waals surface area (Å²) in [4.78, 5) is 33.2. The Bertz CT molecular complexity index is 2200. The van der Waals surface area contributed by atoms with E-state index in [-0.39, 0.29) is 88.4 Å².